The number of hydrogen-bond acceptors (Lipinski definition) is 5. The quantitative estimate of drug-likeness (QED) is 0.616. The Bertz CT molecular complexity index is 1100. The number of carbonyl (C=O) groups is 1. The summed E-state index contributed by atoms with van der Waals surface area (Å²) in [5.74, 6) is 0.170. The van der Waals surface area contributed by atoms with E-state index in [-0.39, 0.29) is 16.5 Å². The zero-order valence-corrected chi connectivity index (χ0v) is 20.9. The third-order valence-corrected chi connectivity index (χ3v) is 8.53. The summed E-state index contributed by atoms with van der Waals surface area (Å²) in [6, 6.07) is 7.57. The van der Waals surface area contributed by atoms with E-state index in [2.05, 4.69) is 16.9 Å². The Morgan fingerprint density at radius 2 is 1.88 bits per heavy atom. The van der Waals surface area contributed by atoms with Gasteiger partial charge in [0, 0.05) is 52.0 Å². The lowest BCUT2D eigenvalue weighted by atomic mass is 10.00. The predicted molar refractivity (Wildman–Crippen MR) is 129 cm³/mol. The molecular weight excluding hydrogens is 462 g/mol. The van der Waals surface area contributed by atoms with Gasteiger partial charge in [-0.1, -0.05) is 37.6 Å². The smallest absolute Gasteiger partial charge is 0.263 e. The Labute approximate surface area is 201 Å². The molecule has 1 aromatic heterocycles. The van der Waals surface area contributed by atoms with Crippen molar-refractivity contribution in [3.63, 3.8) is 0 Å². The molecule has 1 aromatic carbocycles. The predicted octanol–water partition coefficient (Wildman–Crippen LogP) is 3.33. The number of amides is 1. The van der Waals surface area contributed by atoms with Crippen LogP contribution < -0.4 is 4.90 Å². The van der Waals surface area contributed by atoms with Gasteiger partial charge in [0.15, 0.2) is 0 Å². The molecule has 4 rings (SSSR count). The first-order valence-corrected chi connectivity index (χ1v) is 13.5. The Kier molecular flexibility index (Phi) is 7.31. The first kappa shape index (κ1) is 24.0. The topological polar surface area (TPSA) is 78.8 Å². The van der Waals surface area contributed by atoms with Crippen LogP contribution in [0.15, 0.2) is 35.5 Å². The molecule has 2 saturated heterocycles. The van der Waals surface area contributed by atoms with E-state index in [1.165, 1.54) is 4.31 Å². The highest BCUT2D eigenvalue weighted by Gasteiger charge is 2.36. The van der Waals surface area contributed by atoms with E-state index in [0.29, 0.717) is 56.8 Å². The zero-order chi connectivity index (χ0) is 23.6. The van der Waals surface area contributed by atoms with E-state index in [9.17, 15) is 13.2 Å². The van der Waals surface area contributed by atoms with E-state index in [0.717, 1.165) is 24.9 Å². The minimum atomic E-state index is -3.91. The summed E-state index contributed by atoms with van der Waals surface area (Å²) < 4.78 is 30.3. The fourth-order valence-corrected chi connectivity index (χ4v) is 6.40. The summed E-state index contributed by atoms with van der Waals surface area (Å²) in [6.45, 7) is 7.63. The number of halogens is 1. The molecule has 2 aliphatic heterocycles. The average Bonchev–Trinajstić information content (AvgIpc) is 3.24. The highest BCUT2D eigenvalue weighted by Crippen LogP contribution is 2.28. The first-order valence-electron chi connectivity index (χ1n) is 11.7. The molecule has 10 heteroatoms. The Balaban J connectivity index is 1.57. The molecular formula is C23H32ClN5O3S. The number of piperidine rings is 1. The van der Waals surface area contributed by atoms with Crippen molar-refractivity contribution in [2.75, 3.05) is 44.2 Å². The molecule has 3 heterocycles. The second kappa shape index (κ2) is 10.0. The molecule has 0 spiro atoms. The van der Waals surface area contributed by atoms with E-state index >= 15 is 0 Å². The number of piperazine rings is 1. The molecule has 0 radical (unpaired) electrons. The van der Waals surface area contributed by atoms with E-state index in [4.69, 9.17) is 11.6 Å². The number of para-hydroxylation sites is 1. The van der Waals surface area contributed by atoms with Crippen LogP contribution in [0.2, 0.25) is 5.02 Å². The maximum absolute atomic E-state index is 13.6. The molecule has 2 aliphatic rings. The summed E-state index contributed by atoms with van der Waals surface area (Å²) in [5, 5.41) is 4.91. The van der Waals surface area contributed by atoms with Crippen LogP contribution in [0.25, 0.3) is 0 Å². The van der Waals surface area contributed by atoms with Crippen molar-refractivity contribution in [1.82, 2.24) is 19.0 Å². The molecule has 1 unspecified atom stereocenters. The Hall–Kier alpha value is -2.10. The summed E-state index contributed by atoms with van der Waals surface area (Å²) in [7, 11) is -3.91. The fraction of sp³-hybridized carbons (Fsp3) is 0.565. The van der Waals surface area contributed by atoms with Crippen molar-refractivity contribution >= 4 is 33.2 Å². The number of benzene rings is 1. The van der Waals surface area contributed by atoms with Crippen molar-refractivity contribution in [2.45, 2.75) is 44.7 Å². The normalized spacial score (nSPS) is 20.3. The van der Waals surface area contributed by atoms with Gasteiger partial charge in [0.2, 0.25) is 5.03 Å². The van der Waals surface area contributed by atoms with Gasteiger partial charge >= 0.3 is 0 Å². The zero-order valence-electron chi connectivity index (χ0n) is 19.3. The molecule has 1 atom stereocenters. The third-order valence-electron chi connectivity index (χ3n) is 6.37. The lowest BCUT2D eigenvalue weighted by molar-refractivity contribution is 0.0679. The molecule has 0 bridgehead atoms. The summed E-state index contributed by atoms with van der Waals surface area (Å²) in [5.41, 5.74) is 1.09. The second-order valence-electron chi connectivity index (χ2n) is 8.95. The number of rotatable bonds is 6. The van der Waals surface area contributed by atoms with Gasteiger partial charge in [0.1, 0.15) is 0 Å². The SMILES string of the molecule is CCCn1cc(C(=O)N2CCCC(C)C2)c(S(=O)(=O)N2CCN(c3ccccc3Cl)CC2)n1. The van der Waals surface area contributed by atoms with Gasteiger partial charge in [0.25, 0.3) is 15.9 Å². The highest BCUT2D eigenvalue weighted by atomic mass is 35.5. The van der Waals surface area contributed by atoms with Crippen LogP contribution in [0.1, 0.15) is 43.5 Å². The van der Waals surface area contributed by atoms with Crippen LogP contribution in [-0.2, 0) is 16.6 Å². The molecule has 2 aromatic rings. The van der Waals surface area contributed by atoms with Gasteiger partial charge in [0.05, 0.1) is 16.3 Å². The highest BCUT2D eigenvalue weighted by molar-refractivity contribution is 7.89. The maximum Gasteiger partial charge on any atom is 0.263 e. The number of nitrogens with zero attached hydrogens (tertiary/aromatic N) is 5. The average molecular weight is 494 g/mol. The van der Waals surface area contributed by atoms with Crippen LogP contribution in [0.5, 0.6) is 0 Å². The van der Waals surface area contributed by atoms with Crippen molar-refractivity contribution in [1.29, 1.82) is 0 Å². The largest absolute Gasteiger partial charge is 0.368 e. The molecule has 0 saturated carbocycles. The number of anilines is 1. The van der Waals surface area contributed by atoms with Gasteiger partial charge in [-0.15, -0.1) is 0 Å². The minimum Gasteiger partial charge on any atom is -0.368 e. The lowest BCUT2D eigenvalue weighted by Crippen LogP contribution is -2.49. The van der Waals surface area contributed by atoms with Crippen LogP contribution in [-0.4, -0.2) is 72.6 Å². The van der Waals surface area contributed by atoms with Crippen molar-refractivity contribution in [3.05, 3.63) is 41.0 Å². The molecule has 0 N–H and O–H groups in total. The van der Waals surface area contributed by atoms with E-state index in [1.54, 1.807) is 15.8 Å². The van der Waals surface area contributed by atoms with Crippen molar-refractivity contribution in [2.24, 2.45) is 5.92 Å². The maximum atomic E-state index is 13.6. The van der Waals surface area contributed by atoms with Gasteiger partial charge < -0.3 is 9.80 Å². The number of hydrogen-bond donors (Lipinski definition) is 0. The number of aryl methyl sites for hydroxylation is 1. The second-order valence-corrected chi connectivity index (χ2v) is 11.2. The molecule has 1 amide bonds. The third kappa shape index (κ3) is 5.05. The summed E-state index contributed by atoms with van der Waals surface area (Å²) in [4.78, 5) is 17.2. The number of aromatic nitrogens is 2. The summed E-state index contributed by atoms with van der Waals surface area (Å²) >= 11 is 6.32. The van der Waals surface area contributed by atoms with Crippen LogP contribution in [0.4, 0.5) is 5.69 Å². The lowest BCUT2D eigenvalue weighted by Gasteiger charge is -2.35. The molecule has 0 aliphatic carbocycles. The van der Waals surface area contributed by atoms with Gasteiger partial charge in [-0.25, -0.2) is 8.42 Å². The van der Waals surface area contributed by atoms with Crippen LogP contribution in [0, 0.1) is 5.92 Å². The fourth-order valence-electron chi connectivity index (χ4n) is 4.63. The van der Waals surface area contributed by atoms with Gasteiger partial charge in [-0.05, 0) is 37.3 Å². The van der Waals surface area contributed by atoms with Crippen molar-refractivity contribution < 1.29 is 13.2 Å². The first-order chi connectivity index (χ1) is 15.8. The van der Waals surface area contributed by atoms with Crippen molar-refractivity contribution in [3.8, 4) is 0 Å². The number of likely N-dealkylation sites (tertiary alicyclic amines) is 1. The Morgan fingerprint density at radius 3 is 2.55 bits per heavy atom. The molecule has 33 heavy (non-hydrogen) atoms. The molecule has 180 valence electrons. The number of carbonyl (C=O) groups excluding carboxylic acids is 1. The molecule has 8 nitrogen and oxygen atoms in total. The van der Waals surface area contributed by atoms with Gasteiger partial charge in [-0.3, -0.25) is 9.48 Å². The molecule has 2 fully saturated rings. The van der Waals surface area contributed by atoms with Crippen LogP contribution >= 0.6 is 11.6 Å². The number of sulfonamides is 1. The monoisotopic (exact) mass is 493 g/mol. The van der Waals surface area contributed by atoms with Crippen LogP contribution in [0.3, 0.4) is 0 Å². The van der Waals surface area contributed by atoms with E-state index in [1.807, 2.05) is 31.2 Å². The van der Waals surface area contributed by atoms with Gasteiger partial charge in [-0.2, -0.15) is 9.40 Å². The minimum absolute atomic E-state index is 0.120. The van der Waals surface area contributed by atoms with E-state index < -0.39 is 10.0 Å². The summed E-state index contributed by atoms with van der Waals surface area (Å²) in [6.07, 6.45) is 4.42. The standard InChI is InChI=1S/C23H32ClN5O3S/c1-3-10-28-17-19(23(30)27-11-6-7-18(2)16-27)22(25-28)33(31,32)29-14-12-26(13-15-29)21-9-5-4-8-20(21)24/h4-5,8-9,17-18H,3,6-7,10-16H2,1-2H3. The Morgan fingerprint density at radius 1 is 1.15 bits per heavy atom.